The summed E-state index contributed by atoms with van der Waals surface area (Å²) >= 11 is 1.04. The number of carbonyl (C=O) groups excluding carboxylic acids is 1. The monoisotopic (exact) mass is 284 g/mol. The van der Waals surface area contributed by atoms with Gasteiger partial charge in [-0.3, -0.25) is 4.79 Å². The zero-order valence-electron chi connectivity index (χ0n) is 9.98. The molecule has 7 heteroatoms. The Bertz CT molecular complexity index is 532. The second-order valence-electron chi connectivity index (χ2n) is 4.27. The van der Waals surface area contributed by atoms with Crippen LogP contribution in [0.3, 0.4) is 0 Å². The molecule has 0 bridgehead atoms. The Morgan fingerprint density at radius 3 is 2.74 bits per heavy atom. The number of nitrogens with two attached hydrogens (primary N) is 1. The molecule has 1 amide bonds. The zero-order valence-corrected chi connectivity index (χ0v) is 10.8. The van der Waals surface area contributed by atoms with Crippen LogP contribution in [0.25, 0.3) is 0 Å². The lowest BCUT2D eigenvalue weighted by Gasteiger charge is -2.09. The maximum absolute atomic E-state index is 13.2. The summed E-state index contributed by atoms with van der Waals surface area (Å²) < 4.78 is 13.2. The minimum Gasteiger partial charge on any atom is -0.478 e. The summed E-state index contributed by atoms with van der Waals surface area (Å²) in [7, 11) is 0. The molecule has 5 nitrogen and oxygen atoms in total. The predicted octanol–water partition coefficient (Wildman–Crippen LogP) is 1.48. The summed E-state index contributed by atoms with van der Waals surface area (Å²) in [6, 6.07) is 2.68. The average Bonchev–Trinajstić information content (AvgIpc) is 3.14. The van der Waals surface area contributed by atoms with Gasteiger partial charge in [0.15, 0.2) is 0 Å². The number of nitrogen functional groups attached to an aromatic ring is 1. The van der Waals surface area contributed by atoms with Gasteiger partial charge in [0, 0.05) is 10.9 Å². The number of hydrogen-bond donors (Lipinski definition) is 3. The quantitative estimate of drug-likeness (QED) is 0.562. The number of carbonyl (C=O) groups is 2. The Morgan fingerprint density at radius 2 is 2.16 bits per heavy atom. The van der Waals surface area contributed by atoms with Crippen LogP contribution in [0.4, 0.5) is 10.1 Å². The first kappa shape index (κ1) is 13.7. The summed E-state index contributed by atoms with van der Waals surface area (Å²) in [6.07, 6.45) is 1.97. The summed E-state index contributed by atoms with van der Waals surface area (Å²) in [5, 5.41) is 11.8. The first-order valence-electron chi connectivity index (χ1n) is 5.72. The molecule has 19 heavy (non-hydrogen) atoms. The maximum atomic E-state index is 13.2. The highest BCUT2D eigenvalue weighted by atomic mass is 32.2. The van der Waals surface area contributed by atoms with Gasteiger partial charge in [0.05, 0.1) is 17.0 Å². The van der Waals surface area contributed by atoms with Crippen molar-refractivity contribution < 1.29 is 19.1 Å². The van der Waals surface area contributed by atoms with Crippen LogP contribution >= 0.6 is 11.8 Å². The third-order valence-electron chi connectivity index (χ3n) is 2.67. The molecule has 0 aliphatic heterocycles. The first-order valence-corrected chi connectivity index (χ1v) is 6.71. The lowest BCUT2D eigenvalue weighted by atomic mass is 10.2. The molecule has 0 spiro atoms. The molecule has 0 unspecified atom stereocenters. The molecule has 1 aliphatic carbocycles. The number of carboxylic acids is 1. The highest BCUT2D eigenvalue weighted by Gasteiger charge is 2.24. The van der Waals surface area contributed by atoms with E-state index in [1.54, 1.807) is 0 Å². The summed E-state index contributed by atoms with van der Waals surface area (Å²) in [4.78, 5) is 22.9. The van der Waals surface area contributed by atoms with Gasteiger partial charge in [-0.25, -0.2) is 9.18 Å². The lowest BCUT2D eigenvalue weighted by molar-refractivity contribution is -0.118. The lowest BCUT2D eigenvalue weighted by Crippen LogP contribution is -2.27. The number of nitrogens with one attached hydrogen (secondary N) is 1. The van der Waals surface area contributed by atoms with Crippen molar-refractivity contribution in [1.82, 2.24) is 5.32 Å². The molecule has 0 heterocycles. The molecule has 102 valence electrons. The highest BCUT2D eigenvalue weighted by molar-refractivity contribution is 8.00. The SMILES string of the molecule is Nc1c(F)ccc(SCC(=O)NC2CC2)c1C(=O)O. The largest absolute Gasteiger partial charge is 0.478 e. The molecule has 2 rings (SSSR count). The first-order chi connectivity index (χ1) is 8.99. The molecular weight excluding hydrogens is 271 g/mol. The Labute approximate surface area is 113 Å². The highest BCUT2D eigenvalue weighted by Crippen LogP contribution is 2.29. The zero-order chi connectivity index (χ0) is 14.0. The molecule has 4 N–H and O–H groups in total. The van der Waals surface area contributed by atoms with E-state index in [4.69, 9.17) is 10.8 Å². The number of benzene rings is 1. The fourth-order valence-corrected chi connectivity index (χ4v) is 2.43. The summed E-state index contributed by atoms with van der Waals surface area (Å²) in [5.41, 5.74) is 4.72. The Hall–Kier alpha value is -1.76. The van der Waals surface area contributed by atoms with E-state index >= 15 is 0 Å². The minimum absolute atomic E-state index is 0.0852. The van der Waals surface area contributed by atoms with Crippen molar-refractivity contribution in [3.63, 3.8) is 0 Å². The molecular formula is C12H13FN2O3S. The van der Waals surface area contributed by atoms with E-state index in [9.17, 15) is 14.0 Å². The van der Waals surface area contributed by atoms with E-state index in [1.807, 2.05) is 0 Å². The Kier molecular flexibility index (Phi) is 3.94. The standard InChI is InChI=1S/C12H13FN2O3S/c13-7-3-4-8(10(11(7)14)12(17)18)19-5-9(16)15-6-1-2-6/h3-4,6H,1-2,5,14H2,(H,15,16)(H,17,18). The average molecular weight is 284 g/mol. The van der Waals surface area contributed by atoms with Crippen LogP contribution in [0.15, 0.2) is 17.0 Å². The molecule has 0 saturated heterocycles. The number of thioether (sulfide) groups is 1. The smallest absolute Gasteiger partial charge is 0.339 e. The molecule has 1 aromatic carbocycles. The molecule has 0 aromatic heterocycles. The normalized spacial score (nSPS) is 14.2. The van der Waals surface area contributed by atoms with Crippen LogP contribution < -0.4 is 11.1 Å². The molecule has 1 aromatic rings. The Morgan fingerprint density at radius 1 is 1.47 bits per heavy atom. The van der Waals surface area contributed by atoms with Crippen molar-refractivity contribution in [2.75, 3.05) is 11.5 Å². The fourth-order valence-electron chi connectivity index (χ4n) is 1.56. The summed E-state index contributed by atoms with van der Waals surface area (Å²) in [5.74, 6) is -2.15. The molecule has 1 saturated carbocycles. The van der Waals surface area contributed by atoms with E-state index in [0.717, 1.165) is 30.7 Å². The van der Waals surface area contributed by atoms with E-state index in [-0.39, 0.29) is 28.2 Å². The van der Waals surface area contributed by atoms with Crippen molar-refractivity contribution in [2.24, 2.45) is 0 Å². The molecule has 1 fully saturated rings. The van der Waals surface area contributed by atoms with Gasteiger partial charge in [-0.1, -0.05) is 0 Å². The fraction of sp³-hybridized carbons (Fsp3) is 0.333. The number of hydrogen-bond acceptors (Lipinski definition) is 4. The van der Waals surface area contributed by atoms with Gasteiger partial charge in [-0.05, 0) is 25.0 Å². The Balaban J connectivity index is 2.08. The van der Waals surface area contributed by atoms with Gasteiger partial charge >= 0.3 is 5.97 Å². The van der Waals surface area contributed by atoms with Crippen molar-refractivity contribution in [3.8, 4) is 0 Å². The van der Waals surface area contributed by atoms with Crippen LogP contribution in [0.1, 0.15) is 23.2 Å². The molecule has 0 radical (unpaired) electrons. The van der Waals surface area contributed by atoms with Crippen LogP contribution in [0.5, 0.6) is 0 Å². The van der Waals surface area contributed by atoms with Crippen LogP contribution in [-0.2, 0) is 4.79 Å². The van der Waals surface area contributed by atoms with Crippen molar-refractivity contribution in [2.45, 2.75) is 23.8 Å². The second-order valence-corrected chi connectivity index (χ2v) is 5.29. The number of rotatable bonds is 5. The van der Waals surface area contributed by atoms with Gasteiger partial charge in [0.25, 0.3) is 0 Å². The van der Waals surface area contributed by atoms with Gasteiger partial charge < -0.3 is 16.2 Å². The van der Waals surface area contributed by atoms with E-state index < -0.39 is 17.5 Å². The number of anilines is 1. The van der Waals surface area contributed by atoms with E-state index in [1.165, 1.54) is 6.07 Å². The minimum atomic E-state index is -1.30. The van der Waals surface area contributed by atoms with Crippen LogP contribution in [-0.4, -0.2) is 28.8 Å². The van der Waals surface area contributed by atoms with Crippen molar-refractivity contribution in [3.05, 3.63) is 23.5 Å². The third kappa shape index (κ3) is 3.37. The number of carboxylic acid groups (broad SMARTS) is 1. The number of aromatic carboxylic acids is 1. The van der Waals surface area contributed by atoms with Gasteiger partial charge in [0.2, 0.25) is 5.91 Å². The molecule has 0 atom stereocenters. The van der Waals surface area contributed by atoms with E-state index in [2.05, 4.69) is 5.32 Å². The van der Waals surface area contributed by atoms with E-state index in [0.29, 0.717) is 0 Å². The summed E-state index contributed by atoms with van der Waals surface area (Å²) in [6.45, 7) is 0. The van der Waals surface area contributed by atoms with Gasteiger partial charge in [0.1, 0.15) is 5.82 Å². The van der Waals surface area contributed by atoms with Crippen molar-refractivity contribution in [1.29, 1.82) is 0 Å². The van der Waals surface area contributed by atoms with Crippen LogP contribution in [0.2, 0.25) is 0 Å². The van der Waals surface area contributed by atoms with Gasteiger partial charge in [-0.15, -0.1) is 11.8 Å². The number of halogens is 1. The predicted molar refractivity (Wildman–Crippen MR) is 69.7 cm³/mol. The van der Waals surface area contributed by atoms with Crippen LogP contribution in [0, 0.1) is 5.82 Å². The van der Waals surface area contributed by atoms with Crippen molar-refractivity contribution >= 4 is 29.3 Å². The van der Waals surface area contributed by atoms with Gasteiger partial charge in [-0.2, -0.15) is 0 Å². The molecule has 1 aliphatic rings. The third-order valence-corrected chi connectivity index (χ3v) is 3.73. The second kappa shape index (κ2) is 5.48. The number of amides is 1. The maximum Gasteiger partial charge on any atom is 0.339 e. The topological polar surface area (TPSA) is 92.4 Å².